The van der Waals surface area contributed by atoms with E-state index in [4.69, 9.17) is 4.52 Å². The molecule has 0 aliphatic heterocycles. The Morgan fingerprint density at radius 3 is 2.70 bits per heavy atom. The van der Waals surface area contributed by atoms with Crippen molar-refractivity contribution in [3.8, 4) is 0 Å². The normalized spacial score (nSPS) is 10.3. The van der Waals surface area contributed by atoms with E-state index in [2.05, 4.69) is 20.8 Å². The molecule has 2 aromatic heterocycles. The van der Waals surface area contributed by atoms with E-state index in [9.17, 15) is 4.79 Å². The van der Waals surface area contributed by atoms with E-state index in [1.54, 1.807) is 12.3 Å². The van der Waals surface area contributed by atoms with Crippen molar-refractivity contribution in [3.63, 3.8) is 0 Å². The van der Waals surface area contributed by atoms with Crippen LogP contribution < -0.4 is 10.6 Å². The van der Waals surface area contributed by atoms with Crippen LogP contribution in [-0.4, -0.2) is 22.6 Å². The minimum atomic E-state index is -0.215. The zero-order chi connectivity index (χ0) is 14.5. The van der Waals surface area contributed by atoms with Crippen LogP contribution in [0.25, 0.3) is 0 Å². The number of aryl methyl sites for hydroxylation is 2. The van der Waals surface area contributed by atoms with Gasteiger partial charge >= 0.3 is 0 Å². The molecule has 0 aliphatic rings. The lowest BCUT2D eigenvalue weighted by molar-refractivity contribution is 0.0946. The molecule has 0 spiro atoms. The number of carbonyl (C=O) groups is 1. The van der Waals surface area contributed by atoms with Gasteiger partial charge in [-0.1, -0.05) is 5.16 Å². The molecule has 0 fully saturated rings. The van der Waals surface area contributed by atoms with Crippen molar-refractivity contribution in [2.24, 2.45) is 0 Å². The first-order chi connectivity index (χ1) is 9.61. The lowest BCUT2D eigenvalue weighted by Crippen LogP contribution is -2.24. The van der Waals surface area contributed by atoms with Crippen LogP contribution >= 0.6 is 0 Å². The van der Waals surface area contributed by atoms with Gasteiger partial charge in [-0.2, -0.15) is 0 Å². The Kier molecular flexibility index (Phi) is 4.34. The predicted octanol–water partition coefficient (Wildman–Crippen LogP) is 2.05. The van der Waals surface area contributed by atoms with Crippen molar-refractivity contribution in [1.29, 1.82) is 0 Å². The zero-order valence-electron chi connectivity index (χ0n) is 11.9. The number of hydrogen-bond acceptors (Lipinski definition) is 5. The molecule has 0 unspecified atom stereocenters. The first-order valence-electron chi connectivity index (χ1n) is 6.51. The molecule has 0 atom stereocenters. The summed E-state index contributed by atoms with van der Waals surface area (Å²) in [6.45, 7) is 6.88. The van der Waals surface area contributed by atoms with E-state index in [1.807, 2.05) is 26.8 Å². The van der Waals surface area contributed by atoms with Gasteiger partial charge in [0.1, 0.15) is 11.5 Å². The van der Waals surface area contributed by atoms with Crippen LogP contribution in [0.3, 0.4) is 0 Å². The second kappa shape index (κ2) is 6.18. The quantitative estimate of drug-likeness (QED) is 0.872. The van der Waals surface area contributed by atoms with Crippen LogP contribution in [0.15, 0.2) is 22.9 Å². The van der Waals surface area contributed by atoms with Crippen molar-refractivity contribution >= 4 is 11.6 Å². The third-order valence-corrected chi connectivity index (χ3v) is 2.98. The average Bonchev–Trinajstić information content (AvgIpc) is 2.77. The summed E-state index contributed by atoms with van der Waals surface area (Å²) < 4.78 is 5.05. The summed E-state index contributed by atoms with van der Waals surface area (Å²) in [6.07, 6.45) is 1.65. The van der Waals surface area contributed by atoms with Gasteiger partial charge in [-0.3, -0.25) is 4.79 Å². The molecule has 2 aromatic rings. The second-order valence-corrected chi connectivity index (χ2v) is 4.45. The minimum absolute atomic E-state index is 0.215. The van der Waals surface area contributed by atoms with Crippen LogP contribution in [0.1, 0.15) is 34.4 Å². The van der Waals surface area contributed by atoms with Crippen LogP contribution in [0, 0.1) is 13.8 Å². The van der Waals surface area contributed by atoms with Gasteiger partial charge in [0, 0.05) is 18.7 Å². The number of hydrogen-bond donors (Lipinski definition) is 2. The fourth-order valence-corrected chi connectivity index (χ4v) is 1.85. The van der Waals surface area contributed by atoms with E-state index in [1.165, 1.54) is 0 Å². The van der Waals surface area contributed by atoms with Crippen molar-refractivity contribution in [2.75, 3.05) is 11.9 Å². The Morgan fingerprint density at radius 2 is 2.15 bits per heavy atom. The molecule has 6 nitrogen and oxygen atoms in total. The maximum atomic E-state index is 12.0. The van der Waals surface area contributed by atoms with E-state index in [-0.39, 0.29) is 5.91 Å². The molecule has 1 amide bonds. The molecule has 0 aliphatic carbocycles. The number of carbonyl (C=O) groups excluding carboxylic acids is 1. The second-order valence-electron chi connectivity index (χ2n) is 4.45. The molecule has 6 heteroatoms. The van der Waals surface area contributed by atoms with Gasteiger partial charge in [-0.15, -0.1) is 0 Å². The summed E-state index contributed by atoms with van der Waals surface area (Å²) in [6, 6.07) is 3.53. The van der Waals surface area contributed by atoms with E-state index in [0.717, 1.165) is 29.2 Å². The summed E-state index contributed by atoms with van der Waals surface area (Å²) in [5, 5.41) is 9.79. The van der Waals surface area contributed by atoms with Crippen molar-refractivity contribution < 1.29 is 9.32 Å². The number of aromatic nitrogens is 2. The molecule has 20 heavy (non-hydrogen) atoms. The van der Waals surface area contributed by atoms with E-state index in [0.29, 0.717) is 12.2 Å². The van der Waals surface area contributed by atoms with E-state index >= 15 is 0 Å². The standard InChI is InChI=1S/C14H18N4O2/c1-4-15-11-5-6-13(16-7-11)14(19)17-8-12-9(2)18-20-10(12)3/h5-7,15H,4,8H2,1-3H3,(H,17,19). The Bertz CT molecular complexity index is 570. The average molecular weight is 274 g/mol. The number of nitrogens with zero attached hydrogens (tertiary/aromatic N) is 2. The highest BCUT2D eigenvalue weighted by atomic mass is 16.5. The molecule has 2 N–H and O–H groups in total. The topological polar surface area (TPSA) is 80.0 Å². The highest BCUT2D eigenvalue weighted by Crippen LogP contribution is 2.12. The Balaban J connectivity index is 1.98. The van der Waals surface area contributed by atoms with Crippen LogP contribution in [-0.2, 0) is 6.54 Å². The Morgan fingerprint density at radius 1 is 1.35 bits per heavy atom. The number of amides is 1. The highest BCUT2D eigenvalue weighted by molar-refractivity contribution is 5.92. The van der Waals surface area contributed by atoms with Crippen molar-refractivity contribution in [1.82, 2.24) is 15.5 Å². The number of rotatable bonds is 5. The smallest absolute Gasteiger partial charge is 0.270 e. The molecule has 0 radical (unpaired) electrons. The Hall–Kier alpha value is -2.37. The maximum absolute atomic E-state index is 12.0. The van der Waals surface area contributed by atoms with E-state index < -0.39 is 0 Å². The summed E-state index contributed by atoms with van der Waals surface area (Å²) in [7, 11) is 0. The first kappa shape index (κ1) is 14.0. The molecule has 2 rings (SSSR count). The van der Waals surface area contributed by atoms with Gasteiger partial charge in [0.2, 0.25) is 0 Å². The number of anilines is 1. The molecular weight excluding hydrogens is 256 g/mol. The highest BCUT2D eigenvalue weighted by Gasteiger charge is 2.12. The van der Waals surface area contributed by atoms with Gasteiger partial charge in [-0.25, -0.2) is 4.98 Å². The molecular formula is C14H18N4O2. The molecule has 106 valence electrons. The predicted molar refractivity (Wildman–Crippen MR) is 75.5 cm³/mol. The van der Waals surface area contributed by atoms with Crippen LogP contribution in [0.4, 0.5) is 5.69 Å². The lowest BCUT2D eigenvalue weighted by atomic mass is 10.2. The molecule has 0 saturated carbocycles. The number of pyridine rings is 1. The van der Waals surface area contributed by atoms with Gasteiger partial charge in [0.15, 0.2) is 0 Å². The van der Waals surface area contributed by atoms with Gasteiger partial charge in [-0.05, 0) is 32.9 Å². The largest absolute Gasteiger partial charge is 0.384 e. The third-order valence-electron chi connectivity index (χ3n) is 2.98. The van der Waals surface area contributed by atoms with Crippen molar-refractivity contribution in [2.45, 2.75) is 27.3 Å². The molecule has 0 saturated heterocycles. The monoisotopic (exact) mass is 274 g/mol. The summed E-state index contributed by atoms with van der Waals surface area (Å²) in [5.41, 5.74) is 2.98. The molecule has 0 aromatic carbocycles. The zero-order valence-corrected chi connectivity index (χ0v) is 11.9. The van der Waals surface area contributed by atoms with Crippen molar-refractivity contribution in [3.05, 3.63) is 41.0 Å². The lowest BCUT2D eigenvalue weighted by Gasteiger charge is -2.06. The fraction of sp³-hybridized carbons (Fsp3) is 0.357. The molecule has 0 bridgehead atoms. The molecule has 2 heterocycles. The third kappa shape index (κ3) is 3.14. The van der Waals surface area contributed by atoms with Gasteiger partial charge in [0.05, 0.1) is 17.6 Å². The fourth-order valence-electron chi connectivity index (χ4n) is 1.85. The van der Waals surface area contributed by atoms with Gasteiger partial charge < -0.3 is 15.2 Å². The minimum Gasteiger partial charge on any atom is -0.384 e. The number of nitrogens with one attached hydrogen (secondary N) is 2. The maximum Gasteiger partial charge on any atom is 0.270 e. The SMILES string of the molecule is CCNc1ccc(C(=O)NCc2c(C)noc2C)nc1. The summed E-state index contributed by atoms with van der Waals surface area (Å²) >= 11 is 0. The summed E-state index contributed by atoms with van der Waals surface area (Å²) in [5.74, 6) is 0.506. The Labute approximate surface area is 117 Å². The van der Waals surface area contributed by atoms with Crippen LogP contribution in [0.2, 0.25) is 0 Å². The van der Waals surface area contributed by atoms with Crippen LogP contribution in [0.5, 0.6) is 0 Å². The summed E-state index contributed by atoms with van der Waals surface area (Å²) in [4.78, 5) is 16.1. The first-order valence-corrected chi connectivity index (χ1v) is 6.51. The van der Waals surface area contributed by atoms with Gasteiger partial charge in [0.25, 0.3) is 5.91 Å².